The van der Waals surface area contributed by atoms with E-state index in [4.69, 9.17) is 0 Å². The quantitative estimate of drug-likeness (QED) is 0.733. The molecule has 4 heteroatoms. The largest absolute Gasteiger partial charge is 0.345 e. The Morgan fingerprint density at radius 2 is 1.56 bits per heavy atom. The average Bonchev–Trinajstić information content (AvgIpc) is 2.60. The number of amides is 1. The number of carbonyl (C=O) groups is 2. The Morgan fingerprint density at radius 1 is 0.960 bits per heavy atom. The third kappa shape index (κ3) is 5.80. The van der Waals surface area contributed by atoms with E-state index in [2.05, 4.69) is 4.90 Å². The first-order valence-corrected chi connectivity index (χ1v) is 10.3. The Morgan fingerprint density at radius 3 is 2.16 bits per heavy atom. The molecule has 1 amide bonds. The summed E-state index contributed by atoms with van der Waals surface area (Å²) in [6.45, 7) is 10.3. The molecular weight excluding hydrogens is 312 g/mol. The fraction of sp³-hybridized carbons (Fsp3) is 0.905. The van der Waals surface area contributed by atoms with Crippen LogP contribution < -0.4 is 0 Å². The summed E-state index contributed by atoms with van der Waals surface area (Å²) in [4.78, 5) is 30.2. The predicted molar refractivity (Wildman–Crippen MR) is 102 cm³/mol. The standard InChI is InChI=1S/C21H38N2O2/c1-21(2,3)19(24)17-11-6-7-12-18(17)20(25)22(4)13-10-16-23-14-8-5-9-15-23/h17-18H,5-16H2,1-4H3/t17-,18?/m0/s1. The number of likely N-dealkylation sites (tertiary alicyclic amines) is 1. The summed E-state index contributed by atoms with van der Waals surface area (Å²) in [6, 6.07) is 0. The maximum Gasteiger partial charge on any atom is 0.226 e. The van der Waals surface area contributed by atoms with Crippen LogP contribution in [0.1, 0.15) is 72.1 Å². The zero-order chi connectivity index (χ0) is 18.4. The van der Waals surface area contributed by atoms with Crippen LogP contribution in [-0.4, -0.2) is 54.7 Å². The molecule has 0 aromatic carbocycles. The molecule has 25 heavy (non-hydrogen) atoms. The van der Waals surface area contributed by atoms with Crippen LogP contribution in [0.3, 0.4) is 0 Å². The van der Waals surface area contributed by atoms with Crippen molar-refractivity contribution in [2.75, 3.05) is 33.2 Å². The van der Waals surface area contributed by atoms with E-state index < -0.39 is 0 Å². The minimum atomic E-state index is -0.354. The van der Waals surface area contributed by atoms with Crippen LogP contribution in [0.25, 0.3) is 0 Å². The molecular formula is C21H38N2O2. The van der Waals surface area contributed by atoms with E-state index in [1.165, 1.54) is 32.4 Å². The SMILES string of the molecule is CN(CCCN1CCCCC1)C(=O)C1CCCC[C@@H]1C(=O)C(C)(C)C. The Kier molecular flexibility index (Phi) is 7.48. The monoisotopic (exact) mass is 350 g/mol. The van der Waals surface area contributed by atoms with Gasteiger partial charge in [0, 0.05) is 30.8 Å². The van der Waals surface area contributed by atoms with Crippen molar-refractivity contribution in [1.29, 1.82) is 0 Å². The zero-order valence-corrected chi connectivity index (χ0v) is 16.9. The van der Waals surface area contributed by atoms with E-state index in [0.29, 0.717) is 0 Å². The molecule has 0 aromatic heterocycles. The van der Waals surface area contributed by atoms with Gasteiger partial charge in [-0.25, -0.2) is 0 Å². The average molecular weight is 351 g/mol. The minimum absolute atomic E-state index is 0.0780. The molecule has 4 nitrogen and oxygen atoms in total. The fourth-order valence-corrected chi connectivity index (χ4v) is 4.40. The van der Waals surface area contributed by atoms with Gasteiger partial charge in [-0.2, -0.15) is 0 Å². The number of hydrogen-bond donors (Lipinski definition) is 0. The van der Waals surface area contributed by atoms with Gasteiger partial charge >= 0.3 is 0 Å². The van der Waals surface area contributed by atoms with Crippen LogP contribution in [0.5, 0.6) is 0 Å². The smallest absolute Gasteiger partial charge is 0.226 e. The summed E-state index contributed by atoms with van der Waals surface area (Å²) in [5, 5.41) is 0. The summed E-state index contributed by atoms with van der Waals surface area (Å²) in [5.41, 5.74) is -0.354. The van der Waals surface area contributed by atoms with E-state index in [1.807, 2.05) is 32.7 Å². The third-order valence-corrected chi connectivity index (χ3v) is 5.95. The lowest BCUT2D eigenvalue weighted by atomic mass is 9.70. The van der Waals surface area contributed by atoms with Crippen molar-refractivity contribution >= 4 is 11.7 Å². The molecule has 0 spiro atoms. The van der Waals surface area contributed by atoms with Gasteiger partial charge in [0.1, 0.15) is 5.78 Å². The highest BCUT2D eigenvalue weighted by molar-refractivity contribution is 5.91. The van der Waals surface area contributed by atoms with Gasteiger partial charge < -0.3 is 9.80 Å². The molecule has 1 saturated heterocycles. The molecule has 1 heterocycles. The first kappa shape index (κ1) is 20.4. The normalized spacial score (nSPS) is 25.6. The minimum Gasteiger partial charge on any atom is -0.345 e. The van der Waals surface area contributed by atoms with Gasteiger partial charge in [0.2, 0.25) is 5.91 Å². The van der Waals surface area contributed by atoms with E-state index in [0.717, 1.165) is 45.2 Å². The van der Waals surface area contributed by atoms with Crippen molar-refractivity contribution in [3.8, 4) is 0 Å². The summed E-state index contributed by atoms with van der Waals surface area (Å²) in [6.07, 6.45) is 8.93. The first-order valence-electron chi connectivity index (χ1n) is 10.3. The molecule has 2 rings (SSSR count). The molecule has 1 saturated carbocycles. The van der Waals surface area contributed by atoms with Gasteiger partial charge in [0.25, 0.3) is 0 Å². The number of nitrogens with zero attached hydrogens (tertiary/aromatic N) is 2. The molecule has 0 aromatic rings. The Balaban J connectivity index is 1.86. The molecule has 0 bridgehead atoms. The Hall–Kier alpha value is -0.900. The van der Waals surface area contributed by atoms with E-state index in [-0.39, 0.29) is 28.9 Å². The number of piperidine rings is 1. The summed E-state index contributed by atoms with van der Waals surface area (Å²) in [7, 11) is 1.92. The second-order valence-electron chi connectivity index (χ2n) is 9.13. The predicted octanol–water partition coefficient (Wildman–Crippen LogP) is 3.74. The topological polar surface area (TPSA) is 40.6 Å². The second-order valence-corrected chi connectivity index (χ2v) is 9.13. The van der Waals surface area contributed by atoms with Crippen molar-refractivity contribution in [2.45, 2.75) is 72.1 Å². The molecule has 0 N–H and O–H groups in total. The van der Waals surface area contributed by atoms with Crippen LogP contribution >= 0.6 is 0 Å². The van der Waals surface area contributed by atoms with Crippen molar-refractivity contribution in [3.63, 3.8) is 0 Å². The Labute approximate surface area is 154 Å². The van der Waals surface area contributed by atoms with Crippen molar-refractivity contribution in [2.24, 2.45) is 17.3 Å². The van der Waals surface area contributed by atoms with E-state index in [9.17, 15) is 9.59 Å². The van der Waals surface area contributed by atoms with Crippen LogP contribution in [-0.2, 0) is 9.59 Å². The number of hydrogen-bond acceptors (Lipinski definition) is 3. The summed E-state index contributed by atoms with van der Waals surface area (Å²) >= 11 is 0. The first-order chi connectivity index (χ1) is 11.8. The lowest BCUT2D eigenvalue weighted by Gasteiger charge is -2.36. The lowest BCUT2D eigenvalue weighted by molar-refractivity contribution is -0.144. The summed E-state index contributed by atoms with van der Waals surface area (Å²) in [5.74, 6) is 0.291. The lowest BCUT2D eigenvalue weighted by Crippen LogP contribution is -2.44. The maximum absolute atomic E-state index is 13.0. The number of rotatable bonds is 6. The van der Waals surface area contributed by atoms with Gasteiger partial charge in [0.15, 0.2) is 0 Å². The highest BCUT2D eigenvalue weighted by atomic mass is 16.2. The van der Waals surface area contributed by atoms with Gasteiger partial charge in [-0.15, -0.1) is 0 Å². The molecule has 1 aliphatic heterocycles. The molecule has 2 atom stereocenters. The fourth-order valence-electron chi connectivity index (χ4n) is 4.40. The van der Waals surface area contributed by atoms with Gasteiger partial charge in [-0.1, -0.05) is 40.0 Å². The van der Waals surface area contributed by atoms with Crippen molar-refractivity contribution in [3.05, 3.63) is 0 Å². The third-order valence-electron chi connectivity index (χ3n) is 5.95. The van der Waals surface area contributed by atoms with Crippen molar-refractivity contribution in [1.82, 2.24) is 9.80 Å². The molecule has 1 unspecified atom stereocenters. The van der Waals surface area contributed by atoms with Gasteiger partial charge in [-0.05, 0) is 51.7 Å². The van der Waals surface area contributed by atoms with E-state index >= 15 is 0 Å². The van der Waals surface area contributed by atoms with Crippen LogP contribution in [0, 0.1) is 17.3 Å². The molecule has 1 aliphatic carbocycles. The van der Waals surface area contributed by atoms with Gasteiger partial charge in [0.05, 0.1) is 0 Å². The van der Waals surface area contributed by atoms with Crippen LogP contribution in [0.2, 0.25) is 0 Å². The molecule has 2 fully saturated rings. The Bertz CT molecular complexity index is 449. The maximum atomic E-state index is 13.0. The van der Waals surface area contributed by atoms with Crippen LogP contribution in [0.15, 0.2) is 0 Å². The molecule has 2 aliphatic rings. The highest BCUT2D eigenvalue weighted by Gasteiger charge is 2.40. The number of ketones is 1. The highest BCUT2D eigenvalue weighted by Crippen LogP contribution is 2.36. The van der Waals surface area contributed by atoms with E-state index in [1.54, 1.807) is 0 Å². The van der Waals surface area contributed by atoms with Crippen molar-refractivity contribution < 1.29 is 9.59 Å². The number of carbonyl (C=O) groups excluding carboxylic acids is 2. The summed E-state index contributed by atoms with van der Waals surface area (Å²) < 4.78 is 0. The number of Topliss-reactive ketones (excluding diaryl/α,β-unsaturated/α-hetero) is 1. The molecule has 144 valence electrons. The second kappa shape index (κ2) is 9.16. The van der Waals surface area contributed by atoms with Crippen LogP contribution in [0.4, 0.5) is 0 Å². The molecule has 0 radical (unpaired) electrons. The zero-order valence-electron chi connectivity index (χ0n) is 16.9. The van der Waals surface area contributed by atoms with Gasteiger partial charge in [-0.3, -0.25) is 9.59 Å².